The molecular weight excluding hydrogens is 436 g/mol. The normalized spacial score (nSPS) is 10.7. The smallest absolute Gasteiger partial charge is 0.341 e. The van der Waals surface area contributed by atoms with Crippen molar-refractivity contribution in [3.63, 3.8) is 0 Å². The Morgan fingerprint density at radius 2 is 1.94 bits per heavy atom. The number of anilines is 1. The van der Waals surface area contributed by atoms with Crippen LogP contribution < -0.4 is 10.1 Å². The minimum Gasteiger partial charge on any atom is -0.485 e. The highest BCUT2D eigenvalue weighted by molar-refractivity contribution is 7.99. The molecule has 0 aliphatic carbocycles. The van der Waals surface area contributed by atoms with Crippen molar-refractivity contribution in [2.24, 2.45) is 7.05 Å². The fourth-order valence-electron chi connectivity index (χ4n) is 2.81. The number of nitrogens with zero attached hydrogens (tertiary/aromatic N) is 3. The van der Waals surface area contributed by atoms with Crippen LogP contribution >= 0.6 is 23.1 Å². The number of methoxy groups -OCH3 is 1. The lowest BCUT2D eigenvalue weighted by molar-refractivity contribution is -0.113. The molecule has 1 amide bonds. The van der Waals surface area contributed by atoms with Gasteiger partial charge in [0.15, 0.2) is 11.0 Å². The average molecular weight is 461 g/mol. The molecule has 0 bridgehead atoms. The van der Waals surface area contributed by atoms with Crippen molar-refractivity contribution in [3.05, 3.63) is 51.7 Å². The zero-order valence-electron chi connectivity index (χ0n) is 18.0. The summed E-state index contributed by atoms with van der Waals surface area (Å²) in [4.78, 5) is 25.5. The Bertz CT molecular complexity index is 1110. The maximum atomic E-state index is 12.5. The second-order valence-electron chi connectivity index (χ2n) is 6.83. The van der Waals surface area contributed by atoms with Crippen LogP contribution in [0.15, 0.2) is 29.4 Å². The summed E-state index contributed by atoms with van der Waals surface area (Å²) in [6, 6.07) is 7.76. The van der Waals surface area contributed by atoms with Crippen molar-refractivity contribution in [2.75, 3.05) is 18.2 Å². The first-order valence-corrected chi connectivity index (χ1v) is 11.3. The van der Waals surface area contributed by atoms with Crippen molar-refractivity contribution in [3.8, 4) is 5.75 Å². The lowest BCUT2D eigenvalue weighted by Gasteiger charge is -2.09. The van der Waals surface area contributed by atoms with Gasteiger partial charge in [-0.3, -0.25) is 4.79 Å². The molecule has 0 aliphatic heterocycles. The summed E-state index contributed by atoms with van der Waals surface area (Å²) in [7, 11) is 3.16. The van der Waals surface area contributed by atoms with Crippen molar-refractivity contribution >= 4 is 40.0 Å². The van der Waals surface area contributed by atoms with E-state index < -0.39 is 5.97 Å². The summed E-state index contributed by atoms with van der Waals surface area (Å²) in [5.74, 6) is 0.875. The molecule has 10 heteroatoms. The lowest BCUT2D eigenvalue weighted by atomic mass is 10.1. The van der Waals surface area contributed by atoms with Crippen LogP contribution in [-0.4, -0.2) is 39.5 Å². The number of ether oxygens (including phenoxy) is 2. The van der Waals surface area contributed by atoms with E-state index in [-0.39, 0.29) is 18.3 Å². The number of aromatic nitrogens is 3. The number of hydrogen-bond donors (Lipinski definition) is 1. The highest BCUT2D eigenvalue weighted by Gasteiger charge is 2.22. The van der Waals surface area contributed by atoms with Crippen LogP contribution in [0.2, 0.25) is 0 Å². The number of benzene rings is 1. The Morgan fingerprint density at radius 1 is 1.19 bits per heavy atom. The van der Waals surface area contributed by atoms with Gasteiger partial charge in [-0.15, -0.1) is 21.5 Å². The van der Waals surface area contributed by atoms with Crippen LogP contribution in [0.5, 0.6) is 5.75 Å². The van der Waals surface area contributed by atoms with E-state index in [4.69, 9.17) is 9.47 Å². The highest BCUT2D eigenvalue weighted by atomic mass is 32.2. The van der Waals surface area contributed by atoms with Gasteiger partial charge in [-0.1, -0.05) is 30.0 Å². The van der Waals surface area contributed by atoms with E-state index in [1.54, 1.807) is 4.57 Å². The summed E-state index contributed by atoms with van der Waals surface area (Å²) in [5, 5.41) is 12.2. The van der Waals surface area contributed by atoms with Crippen molar-refractivity contribution in [2.45, 2.75) is 32.5 Å². The number of hydrogen-bond acceptors (Lipinski definition) is 8. The number of rotatable bonds is 8. The molecule has 0 fully saturated rings. The van der Waals surface area contributed by atoms with E-state index in [9.17, 15) is 9.59 Å². The molecule has 8 nitrogen and oxygen atoms in total. The van der Waals surface area contributed by atoms with Crippen molar-refractivity contribution < 1.29 is 19.1 Å². The summed E-state index contributed by atoms with van der Waals surface area (Å²) in [6.45, 7) is 5.99. The van der Waals surface area contributed by atoms with Crippen LogP contribution in [0.3, 0.4) is 0 Å². The third-order valence-electron chi connectivity index (χ3n) is 4.74. The van der Waals surface area contributed by atoms with Gasteiger partial charge in [0.2, 0.25) is 5.91 Å². The van der Waals surface area contributed by atoms with Gasteiger partial charge in [-0.05, 0) is 38.0 Å². The number of thioether (sulfide) groups is 1. The molecular formula is C21H24N4O4S2. The Kier molecular flexibility index (Phi) is 7.34. The molecule has 0 atom stereocenters. The van der Waals surface area contributed by atoms with E-state index in [0.29, 0.717) is 21.5 Å². The maximum absolute atomic E-state index is 12.5. The summed E-state index contributed by atoms with van der Waals surface area (Å²) in [6.07, 6.45) is 0. The molecule has 31 heavy (non-hydrogen) atoms. The summed E-state index contributed by atoms with van der Waals surface area (Å²) in [5.41, 5.74) is 2.25. The lowest BCUT2D eigenvalue weighted by Crippen LogP contribution is -2.16. The Labute approximate surface area is 189 Å². The van der Waals surface area contributed by atoms with Crippen LogP contribution in [-0.2, 0) is 23.2 Å². The average Bonchev–Trinajstić information content (AvgIpc) is 3.24. The van der Waals surface area contributed by atoms with Gasteiger partial charge in [0.05, 0.1) is 18.4 Å². The minimum absolute atomic E-state index is 0.126. The molecule has 0 aliphatic rings. The SMILES string of the molecule is COC(=O)c1c(NC(=O)CSc2nnc(COc3ccccc3C)n2C)sc(C)c1C. The number of thiophene rings is 1. The second kappa shape index (κ2) is 9.97. The van der Waals surface area contributed by atoms with Gasteiger partial charge in [-0.2, -0.15) is 0 Å². The van der Waals surface area contributed by atoms with E-state index >= 15 is 0 Å². The standard InChI is InChI=1S/C21H24N4O4S2/c1-12-8-6-7-9-15(12)29-10-16-23-24-21(25(16)4)30-11-17(26)22-19-18(20(27)28-5)13(2)14(3)31-19/h6-9H,10-11H2,1-5H3,(H,22,26). The van der Waals surface area contributed by atoms with Crippen LogP contribution in [0.4, 0.5) is 5.00 Å². The fourth-order valence-corrected chi connectivity index (χ4v) is 4.61. The van der Waals surface area contributed by atoms with Crippen LogP contribution in [0.1, 0.15) is 32.2 Å². The molecule has 0 saturated carbocycles. The van der Waals surface area contributed by atoms with Gasteiger partial charge >= 0.3 is 5.97 Å². The zero-order chi connectivity index (χ0) is 22.5. The first-order chi connectivity index (χ1) is 14.8. The van der Waals surface area contributed by atoms with Crippen molar-refractivity contribution in [1.82, 2.24) is 14.8 Å². The number of para-hydroxylation sites is 1. The van der Waals surface area contributed by atoms with Crippen molar-refractivity contribution in [1.29, 1.82) is 0 Å². The topological polar surface area (TPSA) is 95.3 Å². The number of aryl methyl sites for hydroxylation is 2. The Morgan fingerprint density at radius 3 is 2.65 bits per heavy atom. The fraction of sp³-hybridized carbons (Fsp3) is 0.333. The third-order valence-corrected chi connectivity index (χ3v) is 6.88. The highest BCUT2D eigenvalue weighted by Crippen LogP contribution is 2.33. The number of carbonyl (C=O) groups excluding carboxylic acids is 2. The predicted octanol–water partition coefficient (Wildman–Crippen LogP) is 3.90. The monoisotopic (exact) mass is 460 g/mol. The molecule has 2 aromatic heterocycles. The number of esters is 1. The summed E-state index contributed by atoms with van der Waals surface area (Å²) < 4.78 is 12.5. The molecule has 0 saturated heterocycles. The summed E-state index contributed by atoms with van der Waals surface area (Å²) >= 11 is 2.62. The number of amides is 1. The Hall–Kier alpha value is -2.85. The molecule has 1 N–H and O–H groups in total. The number of carbonyl (C=O) groups is 2. The third kappa shape index (κ3) is 5.26. The Balaban J connectivity index is 1.60. The van der Waals surface area contributed by atoms with Crippen LogP contribution in [0, 0.1) is 20.8 Å². The first-order valence-electron chi connectivity index (χ1n) is 9.49. The van der Waals surface area contributed by atoms with E-state index in [0.717, 1.165) is 21.8 Å². The quantitative estimate of drug-likeness (QED) is 0.402. The first kappa shape index (κ1) is 22.8. The molecule has 0 radical (unpaired) electrons. The van der Waals surface area contributed by atoms with Crippen LogP contribution in [0.25, 0.3) is 0 Å². The molecule has 3 aromatic rings. The molecule has 2 heterocycles. The molecule has 0 spiro atoms. The van der Waals surface area contributed by atoms with Gasteiger partial charge in [0, 0.05) is 11.9 Å². The van der Waals surface area contributed by atoms with Gasteiger partial charge < -0.3 is 19.4 Å². The zero-order valence-corrected chi connectivity index (χ0v) is 19.6. The molecule has 3 rings (SSSR count). The molecule has 0 unspecified atom stereocenters. The molecule has 164 valence electrons. The van der Waals surface area contributed by atoms with Gasteiger partial charge in [0.1, 0.15) is 17.4 Å². The minimum atomic E-state index is -0.462. The van der Waals surface area contributed by atoms with Gasteiger partial charge in [0.25, 0.3) is 0 Å². The van der Waals surface area contributed by atoms with E-state index in [1.165, 1.54) is 30.2 Å². The molecule has 1 aromatic carbocycles. The second-order valence-corrected chi connectivity index (χ2v) is 9.00. The predicted molar refractivity (Wildman–Crippen MR) is 121 cm³/mol. The van der Waals surface area contributed by atoms with Gasteiger partial charge in [-0.25, -0.2) is 4.79 Å². The largest absolute Gasteiger partial charge is 0.485 e. The number of nitrogens with one attached hydrogen (secondary N) is 1. The van der Waals surface area contributed by atoms with E-state index in [1.807, 2.05) is 52.1 Å². The van der Waals surface area contributed by atoms with E-state index in [2.05, 4.69) is 15.5 Å². The maximum Gasteiger partial charge on any atom is 0.341 e.